The van der Waals surface area contributed by atoms with Crippen LogP contribution in [0.4, 0.5) is 0 Å². The van der Waals surface area contributed by atoms with Gasteiger partial charge in [-0.1, -0.05) is 12.2 Å². The Balaban J connectivity index is 2.37. The molecule has 13 heavy (non-hydrogen) atoms. The summed E-state index contributed by atoms with van der Waals surface area (Å²) < 4.78 is 22.7. The van der Waals surface area contributed by atoms with Crippen LogP contribution in [0.1, 0.15) is 25.7 Å². The molecule has 4 heteroatoms. The fraction of sp³-hybridized carbons (Fsp3) is 0.778. The van der Waals surface area contributed by atoms with Crippen molar-refractivity contribution in [3.8, 4) is 0 Å². The van der Waals surface area contributed by atoms with E-state index in [0.29, 0.717) is 18.6 Å². The molecule has 76 valence electrons. The van der Waals surface area contributed by atoms with Crippen LogP contribution in [0, 0.1) is 0 Å². The van der Waals surface area contributed by atoms with Gasteiger partial charge in [-0.25, -0.2) is 8.42 Å². The highest BCUT2D eigenvalue weighted by atomic mass is 32.2. The summed E-state index contributed by atoms with van der Waals surface area (Å²) in [6.07, 6.45) is 6.54. The Morgan fingerprint density at radius 2 is 2.15 bits per heavy atom. The average molecular weight is 204 g/mol. The molecule has 1 aliphatic rings. The molecule has 0 spiro atoms. The second-order valence-electron chi connectivity index (χ2n) is 3.35. The first kappa shape index (κ1) is 10.7. The van der Waals surface area contributed by atoms with Crippen molar-refractivity contribution in [2.45, 2.75) is 30.9 Å². The van der Waals surface area contributed by atoms with Crippen molar-refractivity contribution in [1.29, 1.82) is 0 Å². The predicted molar refractivity (Wildman–Crippen MR) is 52.3 cm³/mol. The Bertz CT molecular complexity index is 267. The van der Waals surface area contributed by atoms with Crippen LogP contribution < -0.4 is 0 Å². The van der Waals surface area contributed by atoms with E-state index in [-0.39, 0.29) is 11.9 Å². The molecule has 0 saturated carbocycles. The van der Waals surface area contributed by atoms with E-state index < -0.39 is 9.84 Å². The molecule has 0 aliphatic carbocycles. The van der Waals surface area contributed by atoms with Crippen LogP contribution in [0.25, 0.3) is 0 Å². The zero-order valence-electron chi connectivity index (χ0n) is 7.65. The molecule has 1 aliphatic heterocycles. The predicted octanol–water partition coefficient (Wildman–Crippen LogP) is 0.892. The number of hydrogen-bond acceptors (Lipinski definition) is 3. The lowest BCUT2D eigenvalue weighted by molar-refractivity contribution is 0.302. The van der Waals surface area contributed by atoms with Gasteiger partial charge in [-0.05, 0) is 25.7 Å². The summed E-state index contributed by atoms with van der Waals surface area (Å²) in [5.41, 5.74) is 0. The highest BCUT2D eigenvalue weighted by Gasteiger charge is 2.29. The smallest absolute Gasteiger partial charge is 0.153 e. The van der Waals surface area contributed by atoms with E-state index >= 15 is 0 Å². The fourth-order valence-electron chi connectivity index (χ4n) is 1.56. The Kier molecular flexibility index (Phi) is 3.93. The minimum atomic E-state index is -2.79. The summed E-state index contributed by atoms with van der Waals surface area (Å²) in [5, 5.41) is 8.33. The molecule has 1 unspecified atom stereocenters. The summed E-state index contributed by atoms with van der Waals surface area (Å²) in [6.45, 7) is 0.133. The van der Waals surface area contributed by atoms with Crippen molar-refractivity contribution in [3.05, 3.63) is 12.2 Å². The number of hydrogen-bond donors (Lipinski definition) is 1. The molecule has 1 saturated heterocycles. The maximum atomic E-state index is 11.3. The Labute approximate surface area is 79.4 Å². The lowest BCUT2D eigenvalue weighted by Gasteiger charge is -2.04. The first-order valence-electron chi connectivity index (χ1n) is 4.64. The summed E-state index contributed by atoms with van der Waals surface area (Å²) >= 11 is 0. The molecule has 0 aromatic heterocycles. The third-order valence-corrected chi connectivity index (χ3v) is 4.63. The zero-order chi connectivity index (χ0) is 9.73. The van der Waals surface area contributed by atoms with Crippen LogP contribution in [-0.2, 0) is 9.84 Å². The van der Waals surface area contributed by atoms with E-state index in [1.54, 1.807) is 0 Å². The fourth-order valence-corrected chi connectivity index (χ4v) is 3.40. The minimum Gasteiger partial charge on any atom is -0.396 e. The van der Waals surface area contributed by atoms with Gasteiger partial charge in [-0.15, -0.1) is 0 Å². The van der Waals surface area contributed by atoms with Crippen LogP contribution in [-0.4, -0.2) is 31.1 Å². The summed E-state index contributed by atoms with van der Waals surface area (Å²) in [5.74, 6) is 0.353. The maximum Gasteiger partial charge on any atom is 0.153 e. The van der Waals surface area contributed by atoms with Gasteiger partial charge in [0.15, 0.2) is 9.84 Å². The molecule has 3 nitrogen and oxygen atoms in total. The SMILES string of the molecule is O=S1(=O)CCCC1C/C=C\CCO. The molecular formula is C9H16O3S. The third kappa shape index (κ3) is 3.12. The van der Waals surface area contributed by atoms with Gasteiger partial charge in [0, 0.05) is 6.61 Å². The number of rotatable bonds is 4. The molecule has 0 aromatic rings. The van der Waals surface area contributed by atoms with Crippen molar-refractivity contribution in [2.24, 2.45) is 0 Å². The van der Waals surface area contributed by atoms with Crippen LogP contribution in [0.3, 0.4) is 0 Å². The third-order valence-electron chi connectivity index (χ3n) is 2.32. The van der Waals surface area contributed by atoms with E-state index in [1.807, 2.05) is 12.2 Å². The van der Waals surface area contributed by atoms with E-state index in [1.165, 1.54) is 0 Å². The molecule has 0 amide bonds. The lowest BCUT2D eigenvalue weighted by atomic mass is 10.2. The second-order valence-corrected chi connectivity index (χ2v) is 5.75. The van der Waals surface area contributed by atoms with Gasteiger partial charge in [0.25, 0.3) is 0 Å². The van der Waals surface area contributed by atoms with Gasteiger partial charge in [0.2, 0.25) is 0 Å². The van der Waals surface area contributed by atoms with Crippen LogP contribution in [0.15, 0.2) is 12.2 Å². The average Bonchev–Trinajstić information content (AvgIpc) is 2.40. The maximum absolute atomic E-state index is 11.3. The largest absolute Gasteiger partial charge is 0.396 e. The van der Waals surface area contributed by atoms with Crippen LogP contribution in [0.2, 0.25) is 0 Å². The van der Waals surface area contributed by atoms with Gasteiger partial charge in [0.1, 0.15) is 0 Å². The highest BCUT2D eigenvalue weighted by molar-refractivity contribution is 7.92. The van der Waals surface area contributed by atoms with Crippen molar-refractivity contribution in [2.75, 3.05) is 12.4 Å². The first-order valence-corrected chi connectivity index (χ1v) is 6.36. The highest BCUT2D eigenvalue weighted by Crippen LogP contribution is 2.22. The molecule has 0 radical (unpaired) electrons. The van der Waals surface area contributed by atoms with Gasteiger partial charge in [0.05, 0.1) is 11.0 Å². The molecule has 0 aromatic carbocycles. The summed E-state index contributed by atoms with van der Waals surface area (Å²) in [6, 6.07) is 0. The Morgan fingerprint density at radius 3 is 2.69 bits per heavy atom. The van der Waals surface area contributed by atoms with Crippen LogP contribution in [0.5, 0.6) is 0 Å². The summed E-state index contributed by atoms with van der Waals surface area (Å²) in [7, 11) is -2.79. The Hall–Kier alpha value is -0.350. The van der Waals surface area contributed by atoms with Gasteiger partial charge < -0.3 is 5.11 Å². The Morgan fingerprint density at radius 1 is 1.38 bits per heavy atom. The monoisotopic (exact) mass is 204 g/mol. The number of allylic oxidation sites excluding steroid dienone is 1. The molecule has 0 bridgehead atoms. The van der Waals surface area contributed by atoms with E-state index in [2.05, 4.69) is 0 Å². The molecule has 1 N–H and O–H groups in total. The minimum absolute atomic E-state index is 0.133. The molecule has 1 atom stereocenters. The van der Waals surface area contributed by atoms with Gasteiger partial charge in [-0.3, -0.25) is 0 Å². The van der Waals surface area contributed by atoms with Crippen molar-refractivity contribution >= 4 is 9.84 Å². The van der Waals surface area contributed by atoms with Crippen molar-refractivity contribution in [1.82, 2.24) is 0 Å². The zero-order valence-corrected chi connectivity index (χ0v) is 8.46. The number of sulfone groups is 1. The standard InChI is InChI=1S/C9H16O3S/c10-7-3-1-2-5-9-6-4-8-13(9,11)12/h1-2,9-10H,3-8H2/b2-1-. The molecule has 1 fully saturated rings. The van der Waals surface area contributed by atoms with E-state index in [0.717, 1.165) is 12.8 Å². The van der Waals surface area contributed by atoms with Crippen molar-refractivity contribution < 1.29 is 13.5 Å². The summed E-state index contributed by atoms with van der Waals surface area (Å²) in [4.78, 5) is 0. The van der Waals surface area contributed by atoms with E-state index in [9.17, 15) is 8.42 Å². The van der Waals surface area contributed by atoms with Crippen LogP contribution >= 0.6 is 0 Å². The number of aliphatic hydroxyl groups excluding tert-OH is 1. The van der Waals surface area contributed by atoms with Gasteiger partial charge in [-0.2, -0.15) is 0 Å². The van der Waals surface area contributed by atoms with Crippen molar-refractivity contribution in [3.63, 3.8) is 0 Å². The molecule has 1 heterocycles. The van der Waals surface area contributed by atoms with Gasteiger partial charge >= 0.3 is 0 Å². The molecular weight excluding hydrogens is 188 g/mol. The lowest BCUT2D eigenvalue weighted by Crippen LogP contribution is -2.14. The topological polar surface area (TPSA) is 54.4 Å². The first-order chi connectivity index (χ1) is 6.17. The molecule has 1 rings (SSSR count). The quantitative estimate of drug-likeness (QED) is 0.692. The number of aliphatic hydroxyl groups is 1. The second kappa shape index (κ2) is 4.77. The van der Waals surface area contributed by atoms with E-state index in [4.69, 9.17) is 5.11 Å². The normalized spacial score (nSPS) is 27.0.